The molecule has 1 aromatic rings. The Labute approximate surface area is 128 Å². The molecule has 3 amide bonds. The fourth-order valence-electron chi connectivity index (χ4n) is 2.94. The third kappa shape index (κ3) is 2.59. The zero-order valence-electron chi connectivity index (χ0n) is 12.4. The summed E-state index contributed by atoms with van der Waals surface area (Å²) in [5, 5.41) is 0. The van der Waals surface area contributed by atoms with Crippen LogP contribution >= 0.6 is 0 Å². The molecule has 116 valence electrons. The number of piperazine rings is 1. The average Bonchev–Trinajstić information content (AvgIpc) is 2.83. The third-order valence-electron chi connectivity index (χ3n) is 4.33. The van der Waals surface area contributed by atoms with E-state index in [1.807, 2.05) is 4.90 Å². The second-order valence-electron chi connectivity index (χ2n) is 5.57. The quantitative estimate of drug-likeness (QED) is 0.695. The van der Waals surface area contributed by atoms with Crippen LogP contribution in [0, 0.1) is 0 Å². The van der Waals surface area contributed by atoms with E-state index >= 15 is 0 Å². The molecule has 22 heavy (non-hydrogen) atoms. The zero-order valence-corrected chi connectivity index (χ0v) is 12.4. The fourth-order valence-corrected chi connectivity index (χ4v) is 2.94. The molecule has 2 aliphatic rings. The van der Waals surface area contributed by atoms with Gasteiger partial charge in [-0.05, 0) is 12.1 Å². The SMILES string of the molecule is CN1C(=O)CC(N2CCN(C(=O)c3ccncc3)CC2)C1=O. The van der Waals surface area contributed by atoms with Crippen LogP contribution in [-0.4, -0.2) is 76.7 Å². The van der Waals surface area contributed by atoms with Crippen molar-refractivity contribution in [3.05, 3.63) is 30.1 Å². The highest BCUT2D eigenvalue weighted by Gasteiger charge is 2.40. The maximum absolute atomic E-state index is 12.3. The average molecular weight is 302 g/mol. The summed E-state index contributed by atoms with van der Waals surface area (Å²) in [5.41, 5.74) is 0.621. The van der Waals surface area contributed by atoms with Gasteiger partial charge in [0.05, 0.1) is 12.5 Å². The number of carbonyl (C=O) groups excluding carboxylic acids is 3. The van der Waals surface area contributed by atoms with Crippen molar-refractivity contribution >= 4 is 17.7 Å². The molecule has 7 nitrogen and oxygen atoms in total. The van der Waals surface area contributed by atoms with Crippen molar-refractivity contribution in [2.24, 2.45) is 0 Å². The molecule has 0 radical (unpaired) electrons. The number of hydrogen-bond acceptors (Lipinski definition) is 5. The Morgan fingerprint density at radius 3 is 2.32 bits per heavy atom. The van der Waals surface area contributed by atoms with Crippen LogP contribution in [0.5, 0.6) is 0 Å². The van der Waals surface area contributed by atoms with E-state index < -0.39 is 0 Å². The summed E-state index contributed by atoms with van der Waals surface area (Å²) in [6, 6.07) is 3.03. The van der Waals surface area contributed by atoms with Gasteiger partial charge in [0.2, 0.25) is 11.8 Å². The molecule has 7 heteroatoms. The predicted molar refractivity (Wildman–Crippen MR) is 77.9 cm³/mol. The van der Waals surface area contributed by atoms with E-state index in [1.54, 1.807) is 29.4 Å². The van der Waals surface area contributed by atoms with Crippen LogP contribution in [0.25, 0.3) is 0 Å². The van der Waals surface area contributed by atoms with Gasteiger partial charge in [-0.3, -0.25) is 29.2 Å². The number of imide groups is 1. The number of rotatable bonds is 2. The number of likely N-dealkylation sites (tertiary alicyclic amines) is 1. The largest absolute Gasteiger partial charge is 0.336 e. The van der Waals surface area contributed by atoms with E-state index in [0.717, 1.165) is 0 Å². The van der Waals surface area contributed by atoms with Crippen molar-refractivity contribution in [1.82, 2.24) is 19.7 Å². The first-order valence-corrected chi connectivity index (χ1v) is 7.31. The minimum absolute atomic E-state index is 0.0204. The third-order valence-corrected chi connectivity index (χ3v) is 4.33. The molecule has 1 atom stereocenters. The summed E-state index contributed by atoms with van der Waals surface area (Å²) >= 11 is 0. The van der Waals surface area contributed by atoms with Gasteiger partial charge in [0.25, 0.3) is 5.91 Å². The van der Waals surface area contributed by atoms with Gasteiger partial charge in [-0.15, -0.1) is 0 Å². The van der Waals surface area contributed by atoms with Crippen LogP contribution < -0.4 is 0 Å². The summed E-state index contributed by atoms with van der Waals surface area (Å²) in [6.07, 6.45) is 3.44. The van der Waals surface area contributed by atoms with Crippen LogP contribution in [0.2, 0.25) is 0 Å². The first-order chi connectivity index (χ1) is 10.6. The summed E-state index contributed by atoms with van der Waals surface area (Å²) in [4.78, 5) is 44.9. The van der Waals surface area contributed by atoms with Crippen LogP contribution in [0.3, 0.4) is 0 Å². The number of aromatic nitrogens is 1. The van der Waals surface area contributed by atoms with E-state index in [9.17, 15) is 14.4 Å². The molecule has 0 aliphatic carbocycles. The summed E-state index contributed by atoms with van der Waals surface area (Å²) < 4.78 is 0. The van der Waals surface area contributed by atoms with E-state index in [1.165, 1.54) is 11.9 Å². The van der Waals surface area contributed by atoms with Crippen LogP contribution in [0.1, 0.15) is 16.8 Å². The molecule has 1 aromatic heterocycles. The summed E-state index contributed by atoms with van der Waals surface area (Å²) in [6.45, 7) is 2.33. The highest BCUT2D eigenvalue weighted by atomic mass is 16.2. The molecule has 1 unspecified atom stereocenters. The van der Waals surface area contributed by atoms with Gasteiger partial charge in [0.1, 0.15) is 0 Å². The standard InChI is InChI=1S/C15H18N4O3/c1-17-13(20)10-12(15(17)22)18-6-8-19(9-7-18)14(21)11-2-4-16-5-3-11/h2-5,12H,6-10H2,1H3. The molecular weight excluding hydrogens is 284 g/mol. The van der Waals surface area contributed by atoms with Gasteiger partial charge in [0, 0.05) is 51.2 Å². The maximum atomic E-state index is 12.3. The molecular formula is C15H18N4O3. The lowest BCUT2D eigenvalue weighted by molar-refractivity contribution is -0.138. The number of hydrogen-bond donors (Lipinski definition) is 0. The van der Waals surface area contributed by atoms with Crippen LogP contribution in [-0.2, 0) is 9.59 Å². The molecule has 2 saturated heterocycles. The van der Waals surface area contributed by atoms with E-state index in [2.05, 4.69) is 4.98 Å². The number of amides is 3. The van der Waals surface area contributed by atoms with Crippen molar-refractivity contribution in [2.75, 3.05) is 33.2 Å². The molecule has 3 rings (SSSR count). The molecule has 0 spiro atoms. The maximum Gasteiger partial charge on any atom is 0.254 e. The molecule has 2 fully saturated rings. The Hall–Kier alpha value is -2.28. The Morgan fingerprint density at radius 1 is 1.14 bits per heavy atom. The fraction of sp³-hybridized carbons (Fsp3) is 0.467. The van der Waals surface area contributed by atoms with Crippen molar-refractivity contribution in [3.63, 3.8) is 0 Å². The monoisotopic (exact) mass is 302 g/mol. The van der Waals surface area contributed by atoms with Crippen molar-refractivity contribution in [3.8, 4) is 0 Å². The molecule has 0 N–H and O–H groups in total. The Morgan fingerprint density at radius 2 is 1.77 bits per heavy atom. The molecule has 0 saturated carbocycles. The van der Waals surface area contributed by atoms with Gasteiger partial charge >= 0.3 is 0 Å². The first-order valence-electron chi connectivity index (χ1n) is 7.31. The lowest BCUT2D eigenvalue weighted by atomic mass is 10.1. The predicted octanol–water partition coefficient (Wildman–Crippen LogP) is -0.403. The second-order valence-corrected chi connectivity index (χ2v) is 5.57. The minimum Gasteiger partial charge on any atom is -0.336 e. The molecule has 0 aromatic carbocycles. The number of pyridine rings is 1. The van der Waals surface area contributed by atoms with Crippen molar-refractivity contribution in [1.29, 1.82) is 0 Å². The smallest absolute Gasteiger partial charge is 0.254 e. The van der Waals surface area contributed by atoms with Crippen molar-refractivity contribution in [2.45, 2.75) is 12.5 Å². The molecule has 2 aliphatic heterocycles. The zero-order chi connectivity index (χ0) is 15.7. The normalized spacial score (nSPS) is 23.2. The van der Waals surface area contributed by atoms with Gasteiger partial charge in [-0.25, -0.2) is 0 Å². The van der Waals surface area contributed by atoms with E-state index in [-0.39, 0.29) is 30.2 Å². The Bertz CT molecular complexity index is 596. The minimum atomic E-state index is -0.365. The highest BCUT2D eigenvalue weighted by Crippen LogP contribution is 2.19. The Kier molecular flexibility index (Phi) is 3.89. The number of likely N-dealkylation sites (N-methyl/N-ethyl adjacent to an activating group) is 1. The summed E-state index contributed by atoms with van der Waals surface area (Å²) in [7, 11) is 1.52. The number of nitrogens with zero attached hydrogens (tertiary/aromatic N) is 4. The first kappa shape index (κ1) is 14.6. The van der Waals surface area contributed by atoms with Crippen molar-refractivity contribution < 1.29 is 14.4 Å². The second kappa shape index (κ2) is 5.84. The topological polar surface area (TPSA) is 73.8 Å². The molecule has 3 heterocycles. The lowest BCUT2D eigenvalue weighted by Crippen LogP contribution is -2.53. The Balaban J connectivity index is 1.60. The van der Waals surface area contributed by atoms with Crippen LogP contribution in [0.4, 0.5) is 0 Å². The van der Waals surface area contributed by atoms with Gasteiger partial charge < -0.3 is 4.90 Å². The van der Waals surface area contributed by atoms with Gasteiger partial charge in [0.15, 0.2) is 0 Å². The van der Waals surface area contributed by atoms with E-state index in [0.29, 0.717) is 31.7 Å². The van der Waals surface area contributed by atoms with E-state index in [4.69, 9.17) is 0 Å². The molecule has 0 bridgehead atoms. The van der Waals surface area contributed by atoms with Crippen LogP contribution in [0.15, 0.2) is 24.5 Å². The summed E-state index contributed by atoms with van der Waals surface area (Å²) in [5.74, 6) is -0.294. The number of carbonyl (C=O) groups is 3. The van der Waals surface area contributed by atoms with Gasteiger partial charge in [-0.1, -0.05) is 0 Å². The highest BCUT2D eigenvalue weighted by molar-refractivity contribution is 6.05. The van der Waals surface area contributed by atoms with Gasteiger partial charge in [-0.2, -0.15) is 0 Å². The lowest BCUT2D eigenvalue weighted by Gasteiger charge is -2.36.